The van der Waals surface area contributed by atoms with Gasteiger partial charge in [-0.05, 0) is 11.1 Å². The van der Waals surface area contributed by atoms with E-state index in [1.165, 1.54) is 6.08 Å². The molecule has 0 aliphatic heterocycles. The van der Waals surface area contributed by atoms with E-state index in [1.54, 1.807) is 17.1 Å². The van der Waals surface area contributed by atoms with Crippen LogP contribution in [0.1, 0.15) is 0 Å². The summed E-state index contributed by atoms with van der Waals surface area (Å²) in [5.74, 6) is 0. The van der Waals surface area contributed by atoms with Gasteiger partial charge in [-0.25, -0.2) is 0 Å². The van der Waals surface area contributed by atoms with Crippen molar-refractivity contribution in [2.45, 2.75) is 0 Å². The molecule has 2 heteroatoms. The Morgan fingerprint density at radius 1 is 0.889 bits per heavy atom. The maximum absolute atomic E-state index is 9.69. The molecule has 0 aromatic rings. The Morgan fingerprint density at radius 3 is 2.00 bits per heavy atom. The zero-order valence-electron chi connectivity index (χ0n) is 4.83. The molecular weight excluding hydrogens is 180 g/mol. The zero-order chi connectivity index (χ0) is 6.95. The van der Waals surface area contributed by atoms with Crippen LogP contribution in [0.5, 0.6) is 0 Å². The van der Waals surface area contributed by atoms with Gasteiger partial charge in [0, 0.05) is 0 Å². The normalized spacial score (nSPS) is 12.1. The van der Waals surface area contributed by atoms with Gasteiger partial charge in [0.05, 0.1) is 0 Å². The SMILES string of the molecule is O=C/C=C/C=C/C=C\Br. The molecule has 0 radical (unpaired) electrons. The zero-order valence-corrected chi connectivity index (χ0v) is 6.41. The third kappa shape index (κ3) is 7.37. The van der Waals surface area contributed by atoms with Gasteiger partial charge in [0.15, 0.2) is 0 Å². The Kier molecular flexibility index (Phi) is 6.85. The van der Waals surface area contributed by atoms with Gasteiger partial charge in [-0.2, -0.15) is 0 Å². The first-order valence-electron chi connectivity index (χ1n) is 2.45. The smallest absolute Gasteiger partial charge is 0.142 e. The molecule has 0 heterocycles. The van der Waals surface area contributed by atoms with Gasteiger partial charge < -0.3 is 0 Å². The van der Waals surface area contributed by atoms with Crippen molar-refractivity contribution < 1.29 is 4.79 Å². The largest absolute Gasteiger partial charge is 0.299 e. The lowest BCUT2D eigenvalue weighted by atomic mass is 10.4. The highest BCUT2D eigenvalue weighted by Gasteiger charge is 1.59. The van der Waals surface area contributed by atoms with Crippen molar-refractivity contribution in [3.8, 4) is 0 Å². The van der Waals surface area contributed by atoms with E-state index in [4.69, 9.17) is 0 Å². The third-order valence-corrected chi connectivity index (χ3v) is 0.901. The van der Waals surface area contributed by atoms with E-state index in [0.29, 0.717) is 0 Å². The molecule has 0 unspecified atom stereocenters. The van der Waals surface area contributed by atoms with Gasteiger partial charge in [0.1, 0.15) is 6.29 Å². The van der Waals surface area contributed by atoms with Crippen LogP contribution >= 0.6 is 15.9 Å². The van der Waals surface area contributed by atoms with Gasteiger partial charge in [-0.3, -0.25) is 4.79 Å². The highest BCUT2D eigenvalue weighted by atomic mass is 79.9. The summed E-state index contributed by atoms with van der Waals surface area (Å²) >= 11 is 3.09. The second-order valence-electron chi connectivity index (χ2n) is 1.22. The predicted molar refractivity (Wildman–Crippen MR) is 42.4 cm³/mol. The van der Waals surface area contributed by atoms with E-state index in [1.807, 2.05) is 12.2 Å². The second kappa shape index (κ2) is 7.37. The van der Waals surface area contributed by atoms with Gasteiger partial charge >= 0.3 is 0 Å². The maximum Gasteiger partial charge on any atom is 0.142 e. The summed E-state index contributed by atoms with van der Waals surface area (Å²) < 4.78 is 0. The molecule has 9 heavy (non-hydrogen) atoms. The number of rotatable bonds is 3. The number of aldehydes is 1. The summed E-state index contributed by atoms with van der Waals surface area (Å²) in [5.41, 5.74) is 0. The van der Waals surface area contributed by atoms with Gasteiger partial charge in [0.25, 0.3) is 0 Å². The highest BCUT2D eigenvalue weighted by molar-refractivity contribution is 9.11. The van der Waals surface area contributed by atoms with Crippen LogP contribution in [0.25, 0.3) is 0 Å². The van der Waals surface area contributed by atoms with Crippen LogP contribution in [0.3, 0.4) is 0 Å². The Bertz CT molecular complexity index is 145. The molecule has 0 fully saturated rings. The number of carbonyl (C=O) groups excluding carboxylic acids is 1. The molecule has 0 spiro atoms. The molecule has 0 aliphatic carbocycles. The number of halogens is 1. The molecule has 0 rings (SSSR count). The van der Waals surface area contributed by atoms with Crippen molar-refractivity contribution in [3.05, 3.63) is 35.4 Å². The van der Waals surface area contributed by atoms with Crippen molar-refractivity contribution in [1.29, 1.82) is 0 Å². The molecule has 0 aromatic heterocycles. The van der Waals surface area contributed by atoms with E-state index in [2.05, 4.69) is 15.9 Å². The summed E-state index contributed by atoms with van der Waals surface area (Å²) in [4.78, 5) is 11.4. The lowest BCUT2D eigenvalue weighted by Gasteiger charge is -1.67. The minimum absolute atomic E-state index is 0.738. The second-order valence-corrected chi connectivity index (χ2v) is 1.75. The van der Waals surface area contributed by atoms with E-state index in [0.717, 1.165) is 6.29 Å². The van der Waals surface area contributed by atoms with Crippen LogP contribution in [-0.4, -0.2) is 6.29 Å². The Balaban J connectivity index is 3.46. The van der Waals surface area contributed by atoms with Gasteiger partial charge in [-0.1, -0.05) is 40.2 Å². The number of hydrogen-bond donors (Lipinski definition) is 0. The average molecular weight is 187 g/mol. The molecule has 0 amide bonds. The molecule has 0 N–H and O–H groups in total. The number of hydrogen-bond acceptors (Lipinski definition) is 1. The summed E-state index contributed by atoms with van der Waals surface area (Å²) in [5, 5.41) is 0. The summed E-state index contributed by atoms with van der Waals surface area (Å²) in [6.45, 7) is 0. The Morgan fingerprint density at radius 2 is 1.44 bits per heavy atom. The molecule has 48 valence electrons. The Labute approximate surface area is 62.9 Å². The molecule has 0 saturated carbocycles. The fourth-order valence-corrected chi connectivity index (χ4v) is 0.456. The van der Waals surface area contributed by atoms with E-state index < -0.39 is 0 Å². The van der Waals surface area contributed by atoms with Gasteiger partial charge in [-0.15, -0.1) is 0 Å². The van der Waals surface area contributed by atoms with Crippen molar-refractivity contribution in [2.24, 2.45) is 0 Å². The minimum Gasteiger partial charge on any atom is -0.299 e. The molecular formula is C7H7BrO. The molecule has 1 nitrogen and oxygen atoms in total. The van der Waals surface area contributed by atoms with E-state index >= 15 is 0 Å². The van der Waals surface area contributed by atoms with Crippen LogP contribution in [0.4, 0.5) is 0 Å². The number of allylic oxidation sites excluding steroid dienone is 5. The van der Waals surface area contributed by atoms with Crippen molar-refractivity contribution in [3.63, 3.8) is 0 Å². The Hall–Kier alpha value is -0.630. The van der Waals surface area contributed by atoms with Crippen LogP contribution in [0, 0.1) is 0 Å². The molecule has 0 bridgehead atoms. The minimum atomic E-state index is 0.738. The predicted octanol–water partition coefficient (Wildman–Crippen LogP) is 2.21. The fraction of sp³-hybridized carbons (Fsp3) is 0. The molecule has 0 atom stereocenters. The van der Waals surface area contributed by atoms with Crippen molar-refractivity contribution in [1.82, 2.24) is 0 Å². The number of carbonyl (C=O) groups is 1. The summed E-state index contributed by atoms with van der Waals surface area (Å²) in [6, 6.07) is 0. The van der Waals surface area contributed by atoms with Crippen LogP contribution in [0.15, 0.2) is 35.4 Å². The quantitative estimate of drug-likeness (QED) is 0.376. The summed E-state index contributed by atoms with van der Waals surface area (Å²) in [7, 11) is 0. The van der Waals surface area contributed by atoms with Crippen LogP contribution < -0.4 is 0 Å². The van der Waals surface area contributed by atoms with Crippen molar-refractivity contribution in [2.75, 3.05) is 0 Å². The lowest BCUT2D eigenvalue weighted by Crippen LogP contribution is -1.54. The first-order valence-corrected chi connectivity index (χ1v) is 3.37. The third-order valence-electron chi connectivity index (χ3n) is 0.596. The van der Waals surface area contributed by atoms with Gasteiger partial charge in [0.2, 0.25) is 0 Å². The standard InChI is InChI=1S/C7H7BrO/c8-6-4-2-1-3-5-7-9/h1-7H/b2-1+,5-3+,6-4-. The van der Waals surface area contributed by atoms with E-state index in [-0.39, 0.29) is 0 Å². The maximum atomic E-state index is 9.69. The average Bonchev–Trinajstić information content (AvgIpc) is 1.89. The highest BCUT2D eigenvalue weighted by Crippen LogP contribution is 1.83. The fourth-order valence-electron chi connectivity index (χ4n) is 0.280. The van der Waals surface area contributed by atoms with Crippen LogP contribution in [-0.2, 0) is 4.79 Å². The summed E-state index contributed by atoms with van der Waals surface area (Å²) in [6.07, 6.45) is 9.23. The first-order chi connectivity index (χ1) is 4.41. The lowest BCUT2D eigenvalue weighted by molar-refractivity contribution is -0.104. The molecule has 0 aliphatic rings. The first kappa shape index (κ1) is 8.37. The van der Waals surface area contributed by atoms with E-state index in [9.17, 15) is 4.79 Å². The molecule has 0 saturated heterocycles. The van der Waals surface area contributed by atoms with Crippen molar-refractivity contribution >= 4 is 22.2 Å². The van der Waals surface area contributed by atoms with Crippen LogP contribution in [0.2, 0.25) is 0 Å². The topological polar surface area (TPSA) is 17.1 Å². The monoisotopic (exact) mass is 186 g/mol. The molecule has 0 aromatic carbocycles.